The molecule has 0 aliphatic rings. The molecule has 0 saturated carbocycles. The number of ether oxygens (including phenoxy) is 2. The molecule has 0 saturated heterocycles. The number of hydrogen-bond donors (Lipinski definition) is 1. The normalized spacial score (nSPS) is 10.7. The number of benzene rings is 2. The maximum atomic E-state index is 13.5. The number of carbonyl (C=O) groups excluding carboxylic acids is 2. The predicted molar refractivity (Wildman–Crippen MR) is 129 cm³/mol. The Balaban J connectivity index is 1.91. The van der Waals surface area contributed by atoms with Gasteiger partial charge in [-0.3, -0.25) is 9.59 Å². The van der Waals surface area contributed by atoms with E-state index in [4.69, 9.17) is 9.47 Å². The van der Waals surface area contributed by atoms with E-state index in [1.54, 1.807) is 61.5 Å². The fourth-order valence-corrected chi connectivity index (χ4v) is 3.70. The third kappa shape index (κ3) is 4.54. The summed E-state index contributed by atoms with van der Waals surface area (Å²) in [7, 11) is 2.72. The Bertz CT molecular complexity index is 1540. The number of anilines is 1. The summed E-state index contributed by atoms with van der Waals surface area (Å²) in [6.45, 7) is 1.06. The number of carbonyl (C=O) groups is 2. The number of nitrogens with one attached hydrogen (secondary N) is 1. The maximum Gasteiger partial charge on any atom is 0.338 e. The van der Waals surface area contributed by atoms with Crippen molar-refractivity contribution in [1.82, 2.24) is 14.1 Å². The number of nitrogens with zero attached hydrogens (tertiary/aromatic N) is 3. The van der Waals surface area contributed by atoms with Crippen molar-refractivity contribution in [2.24, 2.45) is 0 Å². The summed E-state index contributed by atoms with van der Waals surface area (Å²) in [5.41, 5.74) is -0.354. The van der Waals surface area contributed by atoms with E-state index in [0.717, 1.165) is 4.57 Å². The van der Waals surface area contributed by atoms with Gasteiger partial charge in [0.2, 0.25) is 5.91 Å². The minimum Gasteiger partial charge on any atom is -0.497 e. The van der Waals surface area contributed by atoms with Gasteiger partial charge in [-0.15, -0.1) is 0 Å². The number of pyridine rings is 1. The molecule has 0 unspecified atom stereocenters. The van der Waals surface area contributed by atoms with Crippen LogP contribution in [0, 0.1) is 6.92 Å². The lowest BCUT2D eigenvalue weighted by atomic mass is 10.1. The Hall–Kier alpha value is -4.73. The van der Waals surface area contributed by atoms with Gasteiger partial charge in [-0.2, -0.15) is 0 Å². The number of aryl methyl sites for hydroxylation is 1. The molecule has 4 rings (SSSR count). The van der Waals surface area contributed by atoms with Gasteiger partial charge >= 0.3 is 11.7 Å². The predicted octanol–water partition coefficient (Wildman–Crippen LogP) is 2.29. The smallest absolute Gasteiger partial charge is 0.338 e. The van der Waals surface area contributed by atoms with Crippen LogP contribution >= 0.6 is 0 Å². The topological polar surface area (TPSA) is 122 Å². The molecule has 0 spiro atoms. The molecule has 0 atom stereocenters. The van der Waals surface area contributed by atoms with E-state index >= 15 is 0 Å². The molecule has 178 valence electrons. The number of esters is 1. The van der Waals surface area contributed by atoms with Crippen molar-refractivity contribution >= 4 is 28.6 Å². The summed E-state index contributed by atoms with van der Waals surface area (Å²) in [5, 5.41) is 2.53. The van der Waals surface area contributed by atoms with Gasteiger partial charge in [-0.1, -0.05) is 18.2 Å². The zero-order valence-corrected chi connectivity index (χ0v) is 19.3. The van der Waals surface area contributed by atoms with Crippen molar-refractivity contribution in [3.8, 4) is 11.4 Å². The monoisotopic (exact) mass is 474 g/mol. The van der Waals surface area contributed by atoms with E-state index in [0.29, 0.717) is 22.8 Å². The average Bonchev–Trinajstić information content (AvgIpc) is 2.86. The zero-order valence-electron chi connectivity index (χ0n) is 19.3. The number of amides is 1. The minimum absolute atomic E-state index is 0.00147. The molecule has 0 aliphatic carbocycles. The van der Waals surface area contributed by atoms with E-state index in [2.05, 4.69) is 10.3 Å². The van der Waals surface area contributed by atoms with Crippen LogP contribution < -0.4 is 21.3 Å². The molecule has 1 amide bonds. The summed E-state index contributed by atoms with van der Waals surface area (Å²) in [4.78, 5) is 56.7. The summed E-state index contributed by atoms with van der Waals surface area (Å²) < 4.78 is 11.9. The van der Waals surface area contributed by atoms with Gasteiger partial charge in [0.25, 0.3) is 5.56 Å². The fourth-order valence-electron chi connectivity index (χ4n) is 3.70. The van der Waals surface area contributed by atoms with Gasteiger partial charge in [-0.05, 0) is 49.4 Å². The van der Waals surface area contributed by atoms with Crippen LogP contribution in [0.4, 0.5) is 5.69 Å². The van der Waals surface area contributed by atoms with Gasteiger partial charge in [0.1, 0.15) is 12.3 Å². The lowest BCUT2D eigenvalue weighted by Gasteiger charge is -2.15. The summed E-state index contributed by atoms with van der Waals surface area (Å²) in [6.07, 6.45) is 0. The lowest BCUT2D eigenvalue weighted by molar-refractivity contribution is -0.116. The molecule has 10 heteroatoms. The van der Waals surface area contributed by atoms with Crippen molar-refractivity contribution < 1.29 is 19.1 Å². The van der Waals surface area contributed by atoms with Gasteiger partial charge in [-0.25, -0.2) is 23.7 Å². The third-order valence-electron chi connectivity index (χ3n) is 5.32. The van der Waals surface area contributed by atoms with Crippen molar-refractivity contribution in [3.05, 3.63) is 92.8 Å². The first kappa shape index (κ1) is 23.4. The van der Waals surface area contributed by atoms with Crippen LogP contribution in [-0.2, 0) is 16.1 Å². The van der Waals surface area contributed by atoms with E-state index in [-0.39, 0.29) is 16.6 Å². The molecule has 35 heavy (non-hydrogen) atoms. The maximum absolute atomic E-state index is 13.5. The number of hydrogen-bond acceptors (Lipinski definition) is 7. The minimum atomic E-state index is -0.824. The molecular weight excluding hydrogens is 452 g/mol. The Kier molecular flexibility index (Phi) is 6.45. The van der Waals surface area contributed by atoms with E-state index in [9.17, 15) is 19.2 Å². The van der Waals surface area contributed by atoms with Crippen LogP contribution in [0.5, 0.6) is 5.75 Å². The fraction of sp³-hybridized carbons (Fsp3) is 0.160. The Morgan fingerprint density at radius 3 is 2.31 bits per heavy atom. The Morgan fingerprint density at radius 1 is 1.00 bits per heavy atom. The average molecular weight is 474 g/mol. The van der Waals surface area contributed by atoms with Crippen molar-refractivity contribution in [2.45, 2.75) is 13.5 Å². The Morgan fingerprint density at radius 2 is 1.69 bits per heavy atom. The number of rotatable bonds is 6. The standard InChI is InChI=1S/C25H22N4O6/c1-15-13-19(24(32)35-3)21-22(26-15)29(17-7-5-4-6-8-17)25(33)28(23(21)31)14-20(30)27-16-9-11-18(34-2)12-10-16/h4-13H,14H2,1-3H3,(H,27,30). The van der Waals surface area contributed by atoms with Gasteiger partial charge < -0.3 is 14.8 Å². The molecular formula is C25H22N4O6. The highest BCUT2D eigenvalue weighted by Gasteiger charge is 2.23. The first-order valence-corrected chi connectivity index (χ1v) is 10.6. The molecule has 1 N–H and O–H groups in total. The molecule has 2 aromatic carbocycles. The molecule has 0 bridgehead atoms. The molecule has 4 aromatic rings. The second kappa shape index (κ2) is 9.64. The van der Waals surface area contributed by atoms with Crippen molar-refractivity contribution in [2.75, 3.05) is 19.5 Å². The molecule has 2 heterocycles. The highest BCUT2D eigenvalue weighted by Crippen LogP contribution is 2.19. The quantitative estimate of drug-likeness (QED) is 0.426. The van der Waals surface area contributed by atoms with Gasteiger partial charge in [0.15, 0.2) is 5.65 Å². The lowest BCUT2D eigenvalue weighted by Crippen LogP contribution is -2.43. The molecule has 0 radical (unpaired) electrons. The molecule has 10 nitrogen and oxygen atoms in total. The molecule has 2 aromatic heterocycles. The van der Waals surface area contributed by atoms with E-state index < -0.39 is 29.7 Å². The SMILES string of the molecule is COC(=O)c1cc(C)nc2c1c(=O)n(CC(=O)Nc1ccc(OC)cc1)c(=O)n2-c1ccccc1. The zero-order chi connectivity index (χ0) is 25.1. The van der Waals surface area contributed by atoms with Crippen molar-refractivity contribution in [1.29, 1.82) is 0 Å². The van der Waals surface area contributed by atoms with Gasteiger partial charge in [0.05, 0.1) is 30.9 Å². The van der Waals surface area contributed by atoms with Crippen LogP contribution in [0.15, 0.2) is 70.3 Å². The summed E-state index contributed by atoms with van der Waals surface area (Å²) >= 11 is 0. The number of para-hydroxylation sites is 1. The Labute approximate surface area is 199 Å². The molecule has 0 fully saturated rings. The second-order valence-electron chi connectivity index (χ2n) is 7.62. The van der Waals surface area contributed by atoms with Crippen LogP contribution in [0.1, 0.15) is 16.1 Å². The van der Waals surface area contributed by atoms with Crippen LogP contribution in [0.25, 0.3) is 16.7 Å². The number of fused-ring (bicyclic) bond motifs is 1. The van der Waals surface area contributed by atoms with Crippen LogP contribution in [-0.4, -0.2) is 40.2 Å². The van der Waals surface area contributed by atoms with E-state index in [1.165, 1.54) is 24.9 Å². The number of aromatic nitrogens is 3. The largest absolute Gasteiger partial charge is 0.497 e. The first-order valence-electron chi connectivity index (χ1n) is 10.6. The van der Waals surface area contributed by atoms with Crippen LogP contribution in [0.2, 0.25) is 0 Å². The molecule has 0 aliphatic heterocycles. The highest BCUT2D eigenvalue weighted by atomic mass is 16.5. The van der Waals surface area contributed by atoms with Gasteiger partial charge in [0, 0.05) is 11.4 Å². The summed E-state index contributed by atoms with van der Waals surface area (Å²) in [6, 6.07) is 16.5. The van der Waals surface area contributed by atoms with Crippen LogP contribution in [0.3, 0.4) is 0 Å². The first-order chi connectivity index (χ1) is 16.8. The second-order valence-corrected chi connectivity index (χ2v) is 7.62. The number of methoxy groups -OCH3 is 2. The highest BCUT2D eigenvalue weighted by molar-refractivity contribution is 6.02. The van der Waals surface area contributed by atoms with Crippen molar-refractivity contribution in [3.63, 3.8) is 0 Å². The summed E-state index contributed by atoms with van der Waals surface area (Å²) in [5.74, 6) is -0.754. The third-order valence-corrected chi connectivity index (χ3v) is 5.32. The van der Waals surface area contributed by atoms with E-state index in [1.807, 2.05) is 0 Å².